The Balaban J connectivity index is 1.76. The largest absolute Gasteiger partial charge is 0.586 e. The van der Waals surface area contributed by atoms with E-state index in [2.05, 4.69) is 19.4 Å². The minimum atomic E-state index is -3.71. The summed E-state index contributed by atoms with van der Waals surface area (Å²) in [6.07, 6.45) is -3.31. The molecular formula is C16H13F2N3O4. The maximum atomic E-state index is 13.1. The lowest BCUT2D eigenvalue weighted by molar-refractivity contribution is -0.286. The predicted molar refractivity (Wildman–Crippen MR) is 81.2 cm³/mol. The first-order chi connectivity index (χ1) is 12.0. The molecule has 1 N–H and O–H groups in total. The van der Waals surface area contributed by atoms with Crippen molar-refractivity contribution >= 4 is 11.2 Å². The number of halogens is 2. The summed E-state index contributed by atoms with van der Waals surface area (Å²) in [4.78, 5) is 8.49. The molecule has 0 fully saturated rings. The Morgan fingerprint density at radius 2 is 2.08 bits per heavy atom. The van der Waals surface area contributed by atoms with Crippen molar-refractivity contribution in [2.45, 2.75) is 19.1 Å². The molecule has 2 aromatic heterocycles. The van der Waals surface area contributed by atoms with Gasteiger partial charge >= 0.3 is 6.29 Å². The Bertz CT molecular complexity index is 944. The molecule has 25 heavy (non-hydrogen) atoms. The molecule has 130 valence electrons. The molecule has 1 atom stereocenters. The quantitative estimate of drug-likeness (QED) is 0.779. The first-order valence-corrected chi connectivity index (χ1v) is 7.36. The van der Waals surface area contributed by atoms with Crippen molar-refractivity contribution in [2.24, 2.45) is 0 Å². The van der Waals surface area contributed by atoms with E-state index in [1.165, 1.54) is 25.3 Å². The van der Waals surface area contributed by atoms with E-state index in [1.807, 2.05) is 0 Å². The third-order valence-electron chi connectivity index (χ3n) is 3.80. The zero-order valence-electron chi connectivity index (χ0n) is 13.0. The number of pyridine rings is 1. The number of rotatable bonds is 4. The number of alkyl halides is 2. The highest BCUT2D eigenvalue weighted by Crippen LogP contribution is 2.42. The zero-order chi connectivity index (χ0) is 17.6. The lowest BCUT2D eigenvalue weighted by atomic mass is 10.1. The molecule has 0 spiro atoms. The highest BCUT2D eigenvalue weighted by Gasteiger charge is 2.43. The SMILES string of the molecule is COCn1c(C(O)c2ccc3c(c2)OC(F)(F)O3)nc2ncccc21. The lowest BCUT2D eigenvalue weighted by Crippen LogP contribution is -2.25. The number of imidazole rings is 1. The molecule has 0 radical (unpaired) electrons. The Kier molecular flexibility index (Phi) is 3.55. The summed E-state index contributed by atoms with van der Waals surface area (Å²) >= 11 is 0. The highest BCUT2D eigenvalue weighted by molar-refractivity contribution is 5.71. The number of aromatic nitrogens is 3. The number of hydrogen-bond acceptors (Lipinski definition) is 6. The van der Waals surface area contributed by atoms with E-state index in [0.29, 0.717) is 16.7 Å². The van der Waals surface area contributed by atoms with Gasteiger partial charge in [0.15, 0.2) is 17.1 Å². The van der Waals surface area contributed by atoms with Crippen LogP contribution >= 0.6 is 0 Å². The number of fused-ring (bicyclic) bond motifs is 2. The molecule has 1 aliphatic heterocycles. The molecule has 0 bridgehead atoms. The molecule has 1 unspecified atom stereocenters. The van der Waals surface area contributed by atoms with Crippen molar-refractivity contribution in [3.05, 3.63) is 47.9 Å². The molecule has 0 saturated heterocycles. The molecule has 0 amide bonds. The van der Waals surface area contributed by atoms with Crippen molar-refractivity contribution in [1.29, 1.82) is 0 Å². The molecule has 3 heterocycles. The predicted octanol–water partition coefficient (Wildman–Crippen LogP) is 2.44. The van der Waals surface area contributed by atoms with Crippen molar-refractivity contribution in [2.75, 3.05) is 7.11 Å². The van der Waals surface area contributed by atoms with Gasteiger partial charge in [0.2, 0.25) is 0 Å². The zero-order valence-corrected chi connectivity index (χ0v) is 13.0. The van der Waals surface area contributed by atoms with Crippen LogP contribution in [0.4, 0.5) is 8.78 Å². The van der Waals surface area contributed by atoms with Gasteiger partial charge in [0.25, 0.3) is 0 Å². The average molecular weight is 349 g/mol. The number of methoxy groups -OCH3 is 1. The second kappa shape index (κ2) is 5.64. The van der Waals surface area contributed by atoms with Gasteiger partial charge in [-0.15, -0.1) is 8.78 Å². The topological polar surface area (TPSA) is 78.6 Å². The van der Waals surface area contributed by atoms with Crippen LogP contribution < -0.4 is 9.47 Å². The third kappa shape index (κ3) is 2.67. The molecule has 1 aliphatic rings. The van der Waals surface area contributed by atoms with Gasteiger partial charge in [-0.2, -0.15) is 0 Å². The van der Waals surface area contributed by atoms with E-state index in [0.717, 1.165) is 0 Å². The number of ether oxygens (including phenoxy) is 3. The average Bonchev–Trinajstić information content (AvgIpc) is 3.10. The van der Waals surface area contributed by atoms with E-state index < -0.39 is 12.4 Å². The second-order valence-electron chi connectivity index (χ2n) is 5.44. The maximum Gasteiger partial charge on any atom is 0.586 e. The maximum absolute atomic E-state index is 13.1. The molecule has 7 nitrogen and oxygen atoms in total. The summed E-state index contributed by atoms with van der Waals surface area (Å²) in [5.74, 6) is 0.0447. The fourth-order valence-corrected chi connectivity index (χ4v) is 2.74. The molecule has 1 aromatic carbocycles. The van der Waals surface area contributed by atoms with Gasteiger partial charge < -0.3 is 19.3 Å². The molecular weight excluding hydrogens is 336 g/mol. The Morgan fingerprint density at radius 3 is 2.88 bits per heavy atom. The van der Waals surface area contributed by atoms with E-state index in [-0.39, 0.29) is 24.1 Å². The molecule has 9 heteroatoms. The summed E-state index contributed by atoms with van der Waals surface area (Å²) in [6.45, 7) is 0.150. The summed E-state index contributed by atoms with van der Waals surface area (Å²) in [5.41, 5.74) is 1.46. The number of hydrogen-bond donors (Lipinski definition) is 1. The number of aliphatic hydroxyl groups excluding tert-OH is 1. The van der Waals surface area contributed by atoms with Gasteiger partial charge in [0, 0.05) is 13.3 Å². The van der Waals surface area contributed by atoms with Crippen LogP contribution in [0.25, 0.3) is 11.2 Å². The minimum Gasteiger partial charge on any atom is -0.395 e. The van der Waals surface area contributed by atoms with Crippen LogP contribution in [0.2, 0.25) is 0 Å². The van der Waals surface area contributed by atoms with Gasteiger partial charge in [-0.05, 0) is 29.8 Å². The van der Waals surface area contributed by atoms with Gasteiger partial charge in [-0.3, -0.25) is 4.57 Å². The molecule has 0 saturated carbocycles. The standard InChI is InChI=1S/C16H13F2N3O4/c1-23-8-21-10-3-2-6-19-14(10)20-15(21)13(22)9-4-5-11-12(7-9)25-16(17,18)24-11/h2-7,13,22H,8H2,1H3. The Labute approximate surface area is 140 Å². The van der Waals surface area contributed by atoms with Gasteiger partial charge in [-0.1, -0.05) is 6.07 Å². The van der Waals surface area contributed by atoms with Crippen LogP contribution in [0, 0.1) is 0 Å². The first kappa shape index (κ1) is 15.7. The number of nitrogens with zero attached hydrogens (tertiary/aromatic N) is 3. The van der Waals surface area contributed by atoms with Crippen molar-refractivity contribution < 1.29 is 28.1 Å². The van der Waals surface area contributed by atoms with Crippen LogP contribution in [0.15, 0.2) is 36.5 Å². The normalized spacial score (nSPS) is 16.3. The van der Waals surface area contributed by atoms with Crippen LogP contribution in [-0.4, -0.2) is 33.0 Å². The Hall–Kier alpha value is -2.78. The monoisotopic (exact) mass is 349 g/mol. The molecule has 3 aromatic rings. The number of aliphatic hydroxyl groups is 1. The fraction of sp³-hybridized carbons (Fsp3) is 0.250. The van der Waals surface area contributed by atoms with Crippen molar-refractivity contribution in [3.63, 3.8) is 0 Å². The number of benzene rings is 1. The fourth-order valence-electron chi connectivity index (χ4n) is 2.74. The van der Waals surface area contributed by atoms with E-state index in [9.17, 15) is 13.9 Å². The highest BCUT2D eigenvalue weighted by atomic mass is 19.3. The second-order valence-corrected chi connectivity index (χ2v) is 5.44. The summed E-state index contributed by atoms with van der Waals surface area (Å²) in [5, 5.41) is 10.7. The van der Waals surface area contributed by atoms with Crippen molar-refractivity contribution in [3.8, 4) is 11.5 Å². The van der Waals surface area contributed by atoms with E-state index in [4.69, 9.17) is 4.74 Å². The minimum absolute atomic E-state index is 0.0898. The summed E-state index contributed by atoms with van der Waals surface area (Å²) in [6, 6.07) is 7.62. The summed E-state index contributed by atoms with van der Waals surface area (Å²) < 4.78 is 41.9. The van der Waals surface area contributed by atoms with Crippen LogP contribution in [0.1, 0.15) is 17.5 Å². The van der Waals surface area contributed by atoms with Crippen LogP contribution in [0.5, 0.6) is 11.5 Å². The van der Waals surface area contributed by atoms with Crippen LogP contribution in [-0.2, 0) is 11.5 Å². The molecule has 0 aliphatic carbocycles. The lowest BCUT2D eigenvalue weighted by Gasteiger charge is -2.14. The summed E-state index contributed by atoms with van der Waals surface area (Å²) in [7, 11) is 1.51. The smallest absolute Gasteiger partial charge is 0.395 e. The molecule has 4 rings (SSSR count). The van der Waals surface area contributed by atoms with Gasteiger partial charge in [-0.25, -0.2) is 9.97 Å². The van der Waals surface area contributed by atoms with Crippen molar-refractivity contribution in [1.82, 2.24) is 14.5 Å². The third-order valence-corrected chi connectivity index (χ3v) is 3.80. The van der Waals surface area contributed by atoms with Gasteiger partial charge in [0.05, 0.1) is 5.52 Å². The van der Waals surface area contributed by atoms with E-state index in [1.54, 1.807) is 22.9 Å². The van der Waals surface area contributed by atoms with Gasteiger partial charge in [0.1, 0.15) is 18.7 Å². The van der Waals surface area contributed by atoms with Crippen LogP contribution in [0.3, 0.4) is 0 Å². The first-order valence-electron chi connectivity index (χ1n) is 7.36. The Morgan fingerprint density at radius 1 is 1.28 bits per heavy atom. The van der Waals surface area contributed by atoms with E-state index >= 15 is 0 Å².